The van der Waals surface area contributed by atoms with E-state index in [9.17, 15) is 4.39 Å². The largest absolute Gasteiger partial charge is 0.367 e. The summed E-state index contributed by atoms with van der Waals surface area (Å²) in [7, 11) is 0. The highest BCUT2D eigenvalue weighted by molar-refractivity contribution is 6.30. The molecule has 3 nitrogen and oxygen atoms in total. The second-order valence-electron chi connectivity index (χ2n) is 5.47. The molecule has 1 unspecified atom stereocenters. The standard InChI is InChI=1S/C16H19ClFN3/c1-10(2)12-5-15(18)16(21-8-12)20-6-11(3)13-4-14(17)9-19-7-13/h4-5,7-11H,6H2,1-3H3,(H,20,21). The smallest absolute Gasteiger partial charge is 0.165 e. The third kappa shape index (κ3) is 4.14. The normalized spacial score (nSPS) is 12.5. The molecule has 0 aliphatic heterocycles. The van der Waals surface area contributed by atoms with Crippen molar-refractivity contribution in [3.05, 3.63) is 52.7 Å². The summed E-state index contributed by atoms with van der Waals surface area (Å²) in [4.78, 5) is 8.21. The van der Waals surface area contributed by atoms with Crippen LogP contribution in [-0.4, -0.2) is 16.5 Å². The number of aromatic nitrogens is 2. The highest BCUT2D eigenvalue weighted by Crippen LogP contribution is 2.21. The fourth-order valence-electron chi connectivity index (χ4n) is 1.96. The van der Waals surface area contributed by atoms with Crippen LogP contribution in [0, 0.1) is 5.82 Å². The molecule has 112 valence electrons. The van der Waals surface area contributed by atoms with E-state index in [0.29, 0.717) is 11.6 Å². The monoisotopic (exact) mass is 307 g/mol. The van der Waals surface area contributed by atoms with Crippen molar-refractivity contribution in [1.29, 1.82) is 0 Å². The summed E-state index contributed by atoms with van der Waals surface area (Å²) in [5, 5.41) is 3.64. The molecule has 0 aliphatic rings. The molecular formula is C16H19ClFN3. The fourth-order valence-corrected chi connectivity index (χ4v) is 2.15. The summed E-state index contributed by atoms with van der Waals surface area (Å²) in [6.07, 6.45) is 5.07. The zero-order valence-corrected chi connectivity index (χ0v) is 13.2. The first kappa shape index (κ1) is 15.7. The van der Waals surface area contributed by atoms with Gasteiger partial charge in [-0.2, -0.15) is 0 Å². The third-order valence-electron chi connectivity index (χ3n) is 3.40. The number of hydrogen-bond donors (Lipinski definition) is 1. The number of hydrogen-bond acceptors (Lipinski definition) is 3. The summed E-state index contributed by atoms with van der Waals surface area (Å²) in [6, 6.07) is 3.40. The van der Waals surface area contributed by atoms with Crippen molar-refractivity contribution in [2.75, 3.05) is 11.9 Å². The fraction of sp³-hybridized carbons (Fsp3) is 0.375. The van der Waals surface area contributed by atoms with E-state index in [1.165, 1.54) is 6.07 Å². The Bertz CT molecular complexity index is 616. The van der Waals surface area contributed by atoms with Gasteiger partial charge in [0.15, 0.2) is 11.6 Å². The van der Waals surface area contributed by atoms with E-state index in [1.807, 2.05) is 26.8 Å². The topological polar surface area (TPSA) is 37.8 Å². The maximum Gasteiger partial charge on any atom is 0.165 e. The molecule has 0 radical (unpaired) electrons. The lowest BCUT2D eigenvalue weighted by molar-refractivity contribution is 0.617. The van der Waals surface area contributed by atoms with E-state index in [0.717, 1.165) is 11.1 Å². The molecule has 1 N–H and O–H groups in total. The van der Waals surface area contributed by atoms with Crippen molar-refractivity contribution in [2.45, 2.75) is 32.6 Å². The van der Waals surface area contributed by atoms with Gasteiger partial charge in [-0.1, -0.05) is 32.4 Å². The van der Waals surface area contributed by atoms with Gasteiger partial charge in [-0.25, -0.2) is 9.37 Å². The molecule has 0 saturated heterocycles. The van der Waals surface area contributed by atoms with Crippen molar-refractivity contribution < 1.29 is 4.39 Å². The van der Waals surface area contributed by atoms with E-state index in [2.05, 4.69) is 15.3 Å². The Kier molecular flexibility index (Phi) is 5.12. The van der Waals surface area contributed by atoms with Crippen LogP contribution in [0.15, 0.2) is 30.7 Å². The van der Waals surface area contributed by atoms with Crippen LogP contribution in [-0.2, 0) is 0 Å². The van der Waals surface area contributed by atoms with Gasteiger partial charge in [0.2, 0.25) is 0 Å². The molecule has 5 heteroatoms. The summed E-state index contributed by atoms with van der Waals surface area (Å²) >= 11 is 5.92. The maximum absolute atomic E-state index is 14.0. The summed E-state index contributed by atoms with van der Waals surface area (Å²) in [5.41, 5.74) is 1.90. The molecule has 0 saturated carbocycles. The van der Waals surface area contributed by atoms with Crippen molar-refractivity contribution >= 4 is 17.4 Å². The number of nitrogens with zero attached hydrogens (tertiary/aromatic N) is 2. The molecule has 2 heterocycles. The minimum Gasteiger partial charge on any atom is -0.367 e. The zero-order valence-electron chi connectivity index (χ0n) is 12.4. The van der Waals surface area contributed by atoms with Crippen molar-refractivity contribution in [1.82, 2.24) is 9.97 Å². The molecule has 2 rings (SSSR count). The number of halogens is 2. The van der Waals surface area contributed by atoms with Crippen LogP contribution in [0.2, 0.25) is 5.02 Å². The van der Waals surface area contributed by atoms with Gasteiger partial charge in [-0.05, 0) is 35.1 Å². The first-order chi connectivity index (χ1) is 9.97. The Morgan fingerprint density at radius 2 is 1.90 bits per heavy atom. The summed E-state index contributed by atoms with van der Waals surface area (Å²) < 4.78 is 14.0. The van der Waals surface area contributed by atoms with E-state index in [-0.39, 0.29) is 23.5 Å². The Morgan fingerprint density at radius 1 is 1.14 bits per heavy atom. The predicted molar refractivity (Wildman–Crippen MR) is 84.4 cm³/mol. The van der Waals surface area contributed by atoms with Crippen LogP contribution in [0.25, 0.3) is 0 Å². The molecule has 0 amide bonds. The lowest BCUT2D eigenvalue weighted by Crippen LogP contribution is -2.12. The molecular weight excluding hydrogens is 289 g/mol. The highest BCUT2D eigenvalue weighted by atomic mass is 35.5. The third-order valence-corrected chi connectivity index (χ3v) is 3.61. The van der Waals surface area contributed by atoms with Gasteiger partial charge in [0.25, 0.3) is 0 Å². The van der Waals surface area contributed by atoms with Gasteiger partial charge in [0.1, 0.15) is 0 Å². The Morgan fingerprint density at radius 3 is 2.52 bits per heavy atom. The Labute approximate surface area is 129 Å². The van der Waals surface area contributed by atoms with Gasteiger partial charge in [-0.3, -0.25) is 4.98 Å². The molecule has 0 aromatic carbocycles. The molecule has 2 aromatic heterocycles. The van der Waals surface area contributed by atoms with Gasteiger partial charge in [0.05, 0.1) is 5.02 Å². The second-order valence-corrected chi connectivity index (χ2v) is 5.91. The average molecular weight is 308 g/mol. The summed E-state index contributed by atoms with van der Waals surface area (Å²) in [5.74, 6) is 0.374. The summed E-state index contributed by atoms with van der Waals surface area (Å²) in [6.45, 7) is 6.61. The zero-order chi connectivity index (χ0) is 15.4. The first-order valence-electron chi connectivity index (χ1n) is 6.97. The second kappa shape index (κ2) is 6.85. The minimum atomic E-state index is -0.322. The van der Waals surface area contributed by atoms with Gasteiger partial charge >= 0.3 is 0 Å². The quantitative estimate of drug-likeness (QED) is 0.876. The van der Waals surface area contributed by atoms with Gasteiger partial charge in [0, 0.05) is 25.1 Å². The number of nitrogens with one attached hydrogen (secondary N) is 1. The average Bonchev–Trinajstić information content (AvgIpc) is 2.45. The SMILES string of the molecule is CC(C)c1cnc(NCC(C)c2cncc(Cl)c2)c(F)c1. The van der Waals surface area contributed by atoms with Crippen LogP contribution in [0.3, 0.4) is 0 Å². The lowest BCUT2D eigenvalue weighted by atomic mass is 10.0. The van der Waals surface area contributed by atoms with Gasteiger partial charge in [-0.15, -0.1) is 0 Å². The molecule has 0 spiro atoms. The van der Waals surface area contributed by atoms with Crippen LogP contribution in [0.5, 0.6) is 0 Å². The Balaban J connectivity index is 2.03. The highest BCUT2D eigenvalue weighted by Gasteiger charge is 2.10. The molecule has 1 atom stereocenters. The number of anilines is 1. The van der Waals surface area contributed by atoms with E-state index in [4.69, 9.17) is 11.6 Å². The lowest BCUT2D eigenvalue weighted by Gasteiger charge is -2.14. The molecule has 0 fully saturated rings. The van der Waals surface area contributed by atoms with Gasteiger partial charge < -0.3 is 5.32 Å². The maximum atomic E-state index is 14.0. The molecule has 0 aliphatic carbocycles. The van der Waals surface area contributed by atoms with Crippen LogP contribution >= 0.6 is 11.6 Å². The molecule has 0 bridgehead atoms. The first-order valence-corrected chi connectivity index (χ1v) is 7.35. The minimum absolute atomic E-state index is 0.155. The van der Waals surface area contributed by atoms with E-state index in [1.54, 1.807) is 18.6 Å². The van der Waals surface area contributed by atoms with Crippen LogP contribution in [0.4, 0.5) is 10.2 Å². The van der Waals surface area contributed by atoms with Crippen molar-refractivity contribution in [2.24, 2.45) is 0 Å². The number of pyridine rings is 2. The molecule has 21 heavy (non-hydrogen) atoms. The predicted octanol–water partition coefficient (Wildman–Crippen LogP) is 4.61. The van der Waals surface area contributed by atoms with E-state index < -0.39 is 0 Å². The Hall–Kier alpha value is -1.68. The van der Waals surface area contributed by atoms with E-state index >= 15 is 0 Å². The van der Waals surface area contributed by atoms with Crippen molar-refractivity contribution in [3.8, 4) is 0 Å². The van der Waals surface area contributed by atoms with Crippen LogP contribution in [0.1, 0.15) is 43.7 Å². The van der Waals surface area contributed by atoms with Crippen LogP contribution < -0.4 is 5.32 Å². The molecule has 2 aromatic rings. The van der Waals surface area contributed by atoms with Crippen molar-refractivity contribution in [3.63, 3.8) is 0 Å². The number of rotatable bonds is 5.